The summed E-state index contributed by atoms with van der Waals surface area (Å²) < 4.78 is 5.77. The van der Waals surface area contributed by atoms with E-state index in [-0.39, 0.29) is 26.9 Å². The van der Waals surface area contributed by atoms with Crippen LogP contribution in [0.5, 0.6) is 11.5 Å². The van der Waals surface area contributed by atoms with Gasteiger partial charge in [0.15, 0.2) is 5.78 Å². The SMILES string of the molecule is O=C(CN(C(=O)c1ccc(Cl)c(Cl)c1)N1C(=O)[C@@H]2C3c4ccccc4C(c4ccccc43)[C@H]2C1=O)c1ccc(Oc2ccc([N+](=O)[O-])cc2)cc1. The smallest absolute Gasteiger partial charge is 0.273 e. The minimum atomic E-state index is -0.776. The molecule has 0 aromatic heterocycles. The summed E-state index contributed by atoms with van der Waals surface area (Å²) in [5.74, 6) is -4.10. The summed E-state index contributed by atoms with van der Waals surface area (Å²) in [6.45, 7) is -0.631. The van der Waals surface area contributed by atoms with Crippen molar-refractivity contribution >= 4 is 52.4 Å². The summed E-state index contributed by atoms with van der Waals surface area (Å²) in [5, 5.41) is 13.0. The maximum atomic E-state index is 14.6. The fourth-order valence-corrected chi connectivity index (χ4v) is 7.92. The van der Waals surface area contributed by atoms with Gasteiger partial charge in [-0.05, 0) is 76.9 Å². The van der Waals surface area contributed by atoms with Gasteiger partial charge in [0, 0.05) is 35.1 Å². The lowest BCUT2D eigenvalue weighted by Crippen LogP contribution is -2.52. The van der Waals surface area contributed by atoms with Crippen LogP contribution >= 0.6 is 23.2 Å². The van der Waals surface area contributed by atoms with Crippen molar-refractivity contribution in [3.05, 3.63) is 169 Å². The van der Waals surface area contributed by atoms with Gasteiger partial charge in [-0.3, -0.25) is 29.3 Å². The van der Waals surface area contributed by atoms with Crippen LogP contribution in [-0.4, -0.2) is 45.0 Å². The van der Waals surface area contributed by atoms with Crippen LogP contribution in [0.4, 0.5) is 5.69 Å². The first kappa shape index (κ1) is 32.4. The molecule has 2 atom stereocenters. The average molecular weight is 719 g/mol. The Morgan fingerprint density at radius 1 is 0.686 bits per heavy atom. The molecule has 1 heterocycles. The van der Waals surface area contributed by atoms with Gasteiger partial charge in [-0.25, -0.2) is 5.01 Å². The van der Waals surface area contributed by atoms with E-state index in [9.17, 15) is 29.3 Å². The van der Waals surface area contributed by atoms with E-state index < -0.39 is 58.6 Å². The first-order valence-electron chi connectivity index (χ1n) is 16.0. The van der Waals surface area contributed by atoms with Gasteiger partial charge in [0.25, 0.3) is 23.4 Å². The molecule has 2 bridgehead atoms. The molecule has 252 valence electrons. The summed E-state index contributed by atoms with van der Waals surface area (Å²) in [7, 11) is 0. The molecule has 1 saturated heterocycles. The molecule has 12 heteroatoms. The number of imide groups is 1. The van der Waals surface area contributed by atoms with Crippen molar-refractivity contribution in [1.29, 1.82) is 0 Å². The molecular formula is C39H25Cl2N3O7. The highest BCUT2D eigenvalue weighted by Crippen LogP contribution is 2.61. The molecule has 5 aromatic carbocycles. The Labute approximate surface area is 300 Å². The Kier molecular flexibility index (Phi) is 7.93. The molecule has 10 nitrogen and oxygen atoms in total. The van der Waals surface area contributed by atoms with E-state index >= 15 is 0 Å². The van der Waals surface area contributed by atoms with E-state index in [0.29, 0.717) is 11.5 Å². The van der Waals surface area contributed by atoms with Crippen LogP contribution < -0.4 is 4.74 Å². The summed E-state index contributed by atoms with van der Waals surface area (Å²) in [6.07, 6.45) is 0. The van der Waals surface area contributed by atoms with Gasteiger partial charge in [-0.2, -0.15) is 5.01 Å². The van der Waals surface area contributed by atoms with Gasteiger partial charge >= 0.3 is 0 Å². The zero-order chi connectivity index (χ0) is 35.6. The molecule has 51 heavy (non-hydrogen) atoms. The molecule has 4 aliphatic rings. The van der Waals surface area contributed by atoms with E-state index in [1.807, 2.05) is 48.5 Å². The zero-order valence-corrected chi connectivity index (χ0v) is 28.0. The van der Waals surface area contributed by atoms with Crippen molar-refractivity contribution in [3.63, 3.8) is 0 Å². The van der Waals surface area contributed by atoms with Gasteiger partial charge in [0.05, 0.1) is 26.8 Å². The Morgan fingerprint density at radius 2 is 1.16 bits per heavy atom. The number of non-ortho nitro benzene ring substituents is 1. The van der Waals surface area contributed by atoms with E-state index in [1.165, 1.54) is 66.7 Å². The van der Waals surface area contributed by atoms with Crippen molar-refractivity contribution < 1.29 is 28.8 Å². The predicted molar refractivity (Wildman–Crippen MR) is 187 cm³/mol. The zero-order valence-electron chi connectivity index (χ0n) is 26.4. The highest BCUT2D eigenvalue weighted by atomic mass is 35.5. The van der Waals surface area contributed by atoms with Crippen molar-refractivity contribution in [3.8, 4) is 11.5 Å². The average Bonchev–Trinajstić information content (AvgIpc) is 3.41. The fraction of sp³-hybridized carbons (Fsp3) is 0.128. The number of carbonyl (C=O) groups is 4. The van der Waals surface area contributed by atoms with Crippen LogP contribution in [0.15, 0.2) is 115 Å². The molecule has 9 rings (SSSR count). The number of carbonyl (C=O) groups excluding carboxylic acids is 4. The molecule has 0 spiro atoms. The number of Topliss-reactive ketones (excluding diaryl/α,β-unsaturated/α-hetero) is 1. The normalized spacial score (nSPS) is 19.6. The lowest BCUT2D eigenvalue weighted by Gasteiger charge is -2.45. The number of amides is 3. The number of rotatable bonds is 8. The highest BCUT2D eigenvalue weighted by molar-refractivity contribution is 6.42. The van der Waals surface area contributed by atoms with Crippen molar-refractivity contribution in [2.75, 3.05) is 6.54 Å². The van der Waals surface area contributed by atoms with E-state index in [2.05, 4.69) is 0 Å². The number of ether oxygens (including phenoxy) is 1. The van der Waals surface area contributed by atoms with Crippen molar-refractivity contribution in [2.24, 2.45) is 11.8 Å². The second kappa shape index (κ2) is 12.5. The van der Waals surface area contributed by atoms with Crippen LogP contribution in [0.2, 0.25) is 10.0 Å². The molecule has 0 N–H and O–H groups in total. The van der Waals surface area contributed by atoms with E-state index in [0.717, 1.165) is 32.3 Å². The van der Waals surface area contributed by atoms with Crippen LogP contribution in [0, 0.1) is 22.0 Å². The van der Waals surface area contributed by atoms with Crippen molar-refractivity contribution in [2.45, 2.75) is 11.8 Å². The molecular weight excluding hydrogens is 693 g/mol. The first-order valence-corrected chi connectivity index (χ1v) is 16.8. The number of halogens is 2. The summed E-state index contributed by atoms with van der Waals surface area (Å²) >= 11 is 12.4. The topological polar surface area (TPSA) is 127 Å². The largest absolute Gasteiger partial charge is 0.457 e. The summed E-state index contributed by atoms with van der Waals surface area (Å²) in [5.41, 5.74) is 4.03. The Balaban J connectivity index is 1.12. The lowest BCUT2D eigenvalue weighted by molar-refractivity contribution is -0.384. The maximum absolute atomic E-state index is 14.6. The molecule has 1 fully saturated rings. The van der Waals surface area contributed by atoms with Crippen LogP contribution in [0.25, 0.3) is 0 Å². The highest BCUT2D eigenvalue weighted by Gasteiger charge is 2.63. The van der Waals surface area contributed by atoms with Gasteiger partial charge in [-0.15, -0.1) is 0 Å². The number of hydrogen-bond donors (Lipinski definition) is 0. The van der Waals surface area contributed by atoms with E-state index in [4.69, 9.17) is 27.9 Å². The standard InChI is InChI=1S/C39H25Cl2N3O7/c40-30-18-11-22(19-31(30)41)37(46)42(20-32(45)21-9-14-24(15-10-21)51-25-16-12-23(13-17-25)44(49)50)43-38(47)35-33-26-5-1-2-6-27(26)34(36(35)39(43)48)29-8-4-3-7-28(29)33/h1-19,33-36H,20H2/t33?,34?,35-,36-/m1/s1. The third kappa shape index (κ3) is 5.35. The van der Waals surface area contributed by atoms with Gasteiger partial charge in [-0.1, -0.05) is 71.7 Å². The number of nitrogens with zero attached hydrogens (tertiary/aromatic N) is 3. The van der Waals surface area contributed by atoms with Gasteiger partial charge < -0.3 is 4.74 Å². The molecule has 5 aromatic rings. The molecule has 3 amide bonds. The summed E-state index contributed by atoms with van der Waals surface area (Å²) in [6, 6.07) is 31.4. The molecule has 1 aliphatic heterocycles. The number of hydrogen-bond acceptors (Lipinski definition) is 7. The van der Waals surface area contributed by atoms with Crippen LogP contribution in [-0.2, 0) is 9.59 Å². The molecule has 0 saturated carbocycles. The second-order valence-electron chi connectivity index (χ2n) is 12.5. The van der Waals surface area contributed by atoms with Crippen LogP contribution in [0.1, 0.15) is 54.8 Å². The minimum Gasteiger partial charge on any atom is -0.457 e. The second-order valence-corrected chi connectivity index (χ2v) is 13.4. The molecule has 0 unspecified atom stereocenters. The maximum Gasteiger partial charge on any atom is 0.273 e. The number of nitro groups is 1. The Hall–Kier alpha value is -5.84. The number of nitro benzene ring substituents is 1. The predicted octanol–water partition coefficient (Wildman–Crippen LogP) is 7.83. The first-order chi connectivity index (χ1) is 24.6. The fourth-order valence-electron chi connectivity index (χ4n) is 7.62. The number of benzene rings is 5. The lowest BCUT2D eigenvalue weighted by atomic mass is 9.55. The number of hydrazine groups is 1. The Morgan fingerprint density at radius 3 is 1.63 bits per heavy atom. The third-order valence-electron chi connectivity index (χ3n) is 9.82. The van der Waals surface area contributed by atoms with E-state index in [1.54, 1.807) is 0 Å². The van der Waals surface area contributed by atoms with Crippen LogP contribution in [0.3, 0.4) is 0 Å². The molecule has 0 radical (unpaired) electrons. The van der Waals surface area contributed by atoms with Gasteiger partial charge in [0.2, 0.25) is 0 Å². The molecule has 3 aliphatic carbocycles. The van der Waals surface area contributed by atoms with Crippen molar-refractivity contribution in [1.82, 2.24) is 10.0 Å². The summed E-state index contributed by atoms with van der Waals surface area (Å²) in [4.78, 5) is 67.7. The quantitative estimate of drug-likeness (QED) is 0.0693. The number of ketones is 1. The monoisotopic (exact) mass is 717 g/mol. The Bertz CT molecular complexity index is 2180. The third-order valence-corrected chi connectivity index (χ3v) is 10.6. The van der Waals surface area contributed by atoms with Gasteiger partial charge in [0.1, 0.15) is 18.0 Å². The minimum absolute atomic E-state index is 0.0362.